The van der Waals surface area contributed by atoms with Crippen molar-refractivity contribution in [2.75, 3.05) is 5.32 Å². The lowest BCUT2D eigenvalue weighted by molar-refractivity contribution is -0.115. The molecule has 0 saturated carbocycles. The molecule has 2 aromatic heterocycles. The zero-order valence-electron chi connectivity index (χ0n) is 14.7. The van der Waals surface area contributed by atoms with Gasteiger partial charge in [-0.15, -0.1) is 5.10 Å². The number of nitrogens with zero attached hydrogens (tertiary/aromatic N) is 5. The van der Waals surface area contributed by atoms with Crippen LogP contribution in [0.5, 0.6) is 0 Å². The van der Waals surface area contributed by atoms with E-state index in [0.29, 0.717) is 10.3 Å². The van der Waals surface area contributed by atoms with Gasteiger partial charge in [-0.2, -0.15) is 4.68 Å². The molecular weight excluding hydrogens is 380 g/mol. The van der Waals surface area contributed by atoms with Crippen LogP contribution in [0.4, 0.5) is 5.13 Å². The molecule has 4 rings (SSSR count). The summed E-state index contributed by atoms with van der Waals surface area (Å²) in [6.45, 7) is 3.83. The first-order valence-electron chi connectivity index (χ1n) is 8.28. The summed E-state index contributed by atoms with van der Waals surface area (Å²) < 4.78 is 2.68. The second kappa shape index (κ2) is 7.45. The fourth-order valence-corrected chi connectivity index (χ4v) is 4.19. The summed E-state index contributed by atoms with van der Waals surface area (Å²) in [6, 6.07) is 15.7. The Morgan fingerprint density at radius 1 is 1.22 bits per heavy atom. The van der Waals surface area contributed by atoms with E-state index in [2.05, 4.69) is 25.8 Å². The zero-order valence-corrected chi connectivity index (χ0v) is 16.3. The summed E-state index contributed by atoms with van der Waals surface area (Å²) in [6.07, 6.45) is 0. The topological polar surface area (TPSA) is 85.6 Å². The molecule has 2 heterocycles. The van der Waals surface area contributed by atoms with E-state index in [1.54, 1.807) is 4.68 Å². The lowest BCUT2D eigenvalue weighted by Gasteiger charge is -2.10. The Bertz CT molecular complexity index is 1070. The minimum Gasteiger partial charge on any atom is -0.301 e. The molecule has 1 amide bonds. The van der Waals surface area contributed by atoms with Gasteiger partial charge in [-0.3, -0.25) is 4.79 Å². The maximum Gasteiger partial charge on any atom is 0.239 e. The molecule has 0 bridgehead atoms. The summed E-state index contributed by atoms with van der Waals surface area (Å²) in [5.41, 5.74) is 2.85. The smallest absolute Gasteiger partial charge is 0.239 e. The number of rotatable bonds is 5. The fourth-order valence-electron chi connectivity index (χ4n) is 2.52. The fraction of sp³-hybridized carbons (Fsp3) is 0.167. The molecule has 7 nitrogen and oxygen atoms in total. The largest absolute Gasteiger partial charge is 0.301 e. The van der Waals surface area contributed by atoms with Gasteiger partial charge in [-0.25, -0.2) is 4.98 Å². The van der Waals surface area contributed by atoms with Crippen LogP contribution in [0, 0.1) is 6.92 Å². The molecule has 27 heavy (non-hydrogen) atoms. The molecule has 2 aromatic carbocycles. The molecule has 0 aliphatic heterocycles. The average molecular weight is 397 g/mol. The molecule has 4 aromatic rings. The van der Waals surface area contributed by atoms with Gasteiger partial charge in [-0.05, 0) is 54.1 Å². The summed E-state index contributed by atoms with van der Waals surface area (Å²) in [5, 5.41) is 15.5. The number of hydrogen-bond donors (Lipinski definition) is 1. The maximum atomic E-state index is 12.6. The minimum absolute atomic E-state index is 0.141. The van der Waals surface area contributed by atoms with Gasteiger partial charge in [0, 0.05) is 0 Å². The van der Waals surface area contributed by atoms with Gasteiger partial charge in [0.25, 0.3) is 0 Å². The van der Waals surface area contributed by atoms with Crippen molar-refractivity contribution >= 4 is 44.4 Å². The predicted octanol–water partition coefficient (Wildman–Crippen LogP) is 3.70. The summed E-state index contributed by atoms with van der Waals surface area (Å²) in [4.78, 5) is 17.0. The van der Waals surface area contributed by atoms with E-state index in [4.69, 9.17) is 0 Å². The van der Waals surface area contributed by atoms with E-state index >= 15 is 0 Å². The molecule has 1 unspecified atom stereocenters. The predicted molar refractivity (Wildman–Crippen MR) is 107 cm³/mol. The van der Waals surface area contributed by atoms with Crippen molar-refractivity contribution in [3.05, 3.63) is 54.1 Å². The van der Waals surface area contributed by atoms with Crippen LogP contribution in [0.3, 0.4) is 0 Å². The van der Waals surface area contributed by atoms with E-state index < -0.39 is 0 Å². The Morgan fingerprint density at radius 2 is 2.07 bits per heavy atom. The van der Waals surface area contributed by atoms with Gasteiger partial charge in [-0.1, -0.05) is 47.4 Å². The monoisotopic (exact) mass is 396 g/mol. The van der Waals surface area contributed by atoms with Gasteiger partial charge in [0.1, 0.15) is 0 Å². The van der Waals surface area contributed by atoms with Crippen LogP contribution in [0.25, 0.3) is 15.9 Å². The number of aryl methyl sites for hydroxylation is 1. The Labute approximate surface area is 163 Å². The maximum absolute atomic E-state index is 12.6. The molecule has 136 valence electrons. The van der Waals surface area contributed by atoms with Crippen molar-refractivity contribution in [1.82, 2.24) is 25.2 Å². The lowest BCUT2D eigenvalue weighted by atomic mass is 10.2. The Kier molecular flexibility index (Phi) is 4.87. The van der Waals surface area contributed by atoms with Crippen molar-refractivity contribution in [1.29, 1.82) is 0 Å². The van der Waals surface area contributed by atoms with Gasteiger partial charge in [0.15, 0.2) is 5.13 Å². The van der Waals surface area contributed by atoms with Crippen molar-refractivity contribution in [3.8, 4) is 5.69 Å². The number of carbonyl (C=O) groups is 1. The van der Waals surface area contributed by atoms with Crippen LogP contribution < -0.4 is 5.32 Å². The standard InChI is InChI=1S/C18H16N6OS2/c1-11-6-5-7-13(10-11)24-18(21-22-23-24)26-12(2)16(25)20-17-19-14-8-3-4-9-15(14)27-17/h3-10,12H,1-2H3,(H,19,20,25). The van der Waals surface area contributed by atoms with E-state index in [0.717, 1.165) is 21.5 Å². The van der Waals surface area contributed by atoms with Crippen molar-refractivity contribution in [2.24, 2.45) is 0 Å². The van der Waals surface area contributed by atoms with Crippen LogP contribution in [0.15, 0.2) is 53.7 Å². The van der Waals surface area contributed by atoms with Crippen molar-refractivity contribution in [3.63, 3.8) is 0 Å². The number of para-hydroxylation sites is 1. The Hall–Kier alpha value is -2.78. The number of carbonyl (C=O) groups excluding carboxylic acids is 1. The van der Waals surface area contributed by atoms with E-state index in [-0.39, 0.29) is 11.2 Å². The van der Waals surface area contributed by atoms with Gasteiger partial charge < -0.3 is 5.32 Å². The number of hydrogen-bond acceptors (Lipinski definition) is 7. The number of benzene rings is 2. The van der Waals surface area contributed by atoms with Crippen LogP contribution in [-0.2, 0) is 4.79 Å². The first kappa shape index (κ1) is 17.6. The number of thioether (sulfide) groups is 1. The average Bonchev–Trinajstić information content (AvgIpc) is 3.27. The Balaban J connectivity index is 1.48. The second-order valence-electron chi connectivity index (χ2n) is 5.95. The summed E-state index contributed by atoms with van der Waals surface area (Å²) in [7, 11) is 0. The highest BCUT2D eigenvalue weighted by Gasteiger charge is 2.20. The molecule has 0 spiro atoms. The molecule has 9 heteroatoms. The second-order valence-corrected chi connectivity index (χ2v) is 8.29. The van der Waals surface area contributed by atoms with Gasteiger partial charge >= 0.3 is 0 Å². The van der Waals surface area contributed by atoms with Gasteiger partial charge in [0.2, 0.25) is 11.1 Å². The van der Waals surface area contributed by atoms with Crippen molar-refractivity contribution < 1.29 is 4.79 Å². The molecular formula is C18H16N6OS2. The quantitative estimate of drug-likeness (QED) is 0.518. The molecule has 0 aliphatic rings. The summed E-state index contributed by atoms with van der Waals surface area (Å²) in [5.74, 6) is -0.141. The number of fused-ring (bicyclic) bond motifs is 1. The molecule has 0 aliphatic carbocycles. The molecule has 1 atom stereocenters. The van der Waals surface area contributed by atoms with Crippen LogP contribution >= 0.6 is 23.1 Å². The number of tetrazole rings is 1. The van der Waals surface area contributed by atoms with E-state index in [1.165, 1.54) is 23.1 Å². The van der Waals surface area contributed by atoms with E-state index in [1.807, 2.05) is 62.4 Å². The number of thiazole rings is 1. The van der Waals surface area contributed by atoms with Crippen LogP contribution in [0.1, 0.15) is 12.5 Å². The van der Waals surface area contributed by atoms with Crippen LogP contribution in [0.2, 0.25) is 0 Å². The normalized spacial score (nSPS) is 12.2. The number of aromatic nitrogens is 5. The third-order valence-electron chi connectivity index (χ3n) is 3.86. The first-order valence-corrected chi connectivity index (χ1v) is 9.98. The Morgan fingerprint density at radius 3 is 2.89 bits per heavy atom. The highest BCUT2D eigenvalue weighted by Crippen LogP contribution is 2.28. The summed E-state index contributed by atoms with van der Waals surface area (Å²) >= 11 is 2.76. The lowest BCUT2D eigenvalue weighted by Crippen LogP contribution is -2.22. The SMILES string of the molecule is Cc1cccc(-n2nnnc2SC(C)C(=O)Nc2nc3ccccc3s2)c1. The third kappa shape index (κ3) is 3.83. The van der Waals surface area contributed by atoms with Crippen LogP contribution in [-0.4, -0.2) is 36.3 Å². The number of anilines is 1. The van der Waals surface area contributed by atoms with Gasteiger partial charge in [0.05, 0.1) is 21.2 Å². The highest BCUT2D eigenvalue weighted by molar-refractivity contribution is 8.00. The number of nitrogens with one attached hydrogen (secondary N) is 1. The molecule has 0 radical (unpaired) electrons. The highest BCUT2D eigenvalue weighted by atomic mass is 32.2. The minimum atomic E-state index is -0.383. The molecule has 1 N–H and O–H groups in total. The molecule has 0 fully saturated rings. The first-order chi connectivity index (χ1) is 13.1. The van der Waals surface area contributed by atoms with Crippen molar-refractivity contribution in [2.45, 2.75) is 24.3 Å². The van der Waals surface area contributed by atoms with E-state index in [9.17, 15) is 4.79 Å². The zero-order chi connectivity index (χ0) is 18.8. The third-order valence-corrected chi connectivity index (χ3v) is 5.85. The molecule has 0 saturated heterocycles. The number of amides is 1.